The highest BCUT2D eigenvalue weighted by Crippen LogP contribution is 2.22. The molecule has 2 rings (SSSR count). The third-order valence-corrected chi connectivity index (χ3v) is 4.23. The van der Waals surface area contributed by atoms with E-state index in [1.54, 1.807) is 7.11 Å². The first-order valence-corrected chi connectivity index (χ1v) is 8.94. The van der Waals surface area contributed by atoms with Crippen LogP contribution in [0.5, 0.6) is 5.75 Å². The number of nitrogens with one attached hydrogen (secondary N) is 1. The van der Waals surface area contributed by atoms with Crippen molar-refractivity contribution < 1.29 is 17.7 Å². The summed E-state index contributed by atoms with van der Waals surface area (Å²) >= 11 is 0. The Morgan fingerprint density at radius 1 is 1.32 bits per heavy atom. The number of hydrogen-bond donors (Lipinski definition) is 1. The minimum Gasteiger partial charge on any atom is -0.497 e. The lowest BCUT2D eigenvalue weighted by Gasteiger charge is -2.10. The predicted octanol–water partition coefficient (Wildman–Crippen LogP) is 1.87. The number of benzene rings is 1. The normalized spacial score (nSPS) is 13.0. The van der Waals surface area contributed by atoms with Crippen LogP contribution >= 0.6 is 0 Å². The van der Waals surface area contributed by atoms with Gasteiger partial charge in [-0.1, -0.05) is 5.16 Å². The Bertz CT molecular complexity index is 707. The summed E-state index contributed by atoms with van der Waals surface area (Å²) in [6.45, 7) is 2.25. The van der Waals surface area contributed by atoms with Crippen LogP contribution in [0.25, 0.3) is 11.3 Å². The van der Waals surface area contributed by atoms with Gasteiger partial charge in [0.1, 0.15) is 21.3 Å². The van der Waals surface area contributed by atoms with Gasteiger partial charge >= 0.3 is 0 Å². The number of methoxy groups -OCH3 is 1. The molecule has 0 fully saturated rings. The molecule has 2 aromatic rings. The van der Waals surface area contributed by atoms with Crippen molar-refractivity contribution in [1.29, 1.82) is 0 Å². The molecule has 0 aliphatic heterocycles. The molecule has 0 spiro atoms. The maximum atomic E-state index is 11.2. The largest absolute Gasteiger partial charge is 0.497 e. The first-order chi connectivity index (χ1) is 10.4. The van der Waals surface area contributed by atoms with Crippen LogP contribution in [0.4, 0.5) is 0 Å². The quantitative estimate of drug-likeness (QED) is 0.837. The highest BCUT2D eigenvalue weighted by atomic mass is 32.2. The van der Waals surface area contributed by atoms with E-state index in [0.29, 0.717) is 12.3 Å². The molecule has 0 amide bonds. The first kappa shape index (κ1) is 16.5. The minimum absolute atomic E-state index is 0.0898. The summed E-state index contributed by atoms with van der Waals surface area (Å²) in [6.07, 6.45) is 1.22. The van der Waals surface area contributed by atoms with Crippen LogP contribution in [0, 0.1) is 0 Å². The number of ether oxygens (including phenoxy) is 1. The Morgan fingerprint density at radius 2 is 2.00 bits per heavy atom. The average molecular weight is 324 g/mol. The highest BCUT2D eigenvalue weighted by Gasteiger charge is 2.12. The number of nitrogens with zero attached hydrogens (tertiary/aromatic N) is 1. The molecule has 22 heavy (non-hydrogen) atoms. The second kappa shape index (κ2) is 6.93. The maximum Gasteiger partial charge on any atom is 0.151 e. The topological polar surface area (TPSA) is 81.4 Å². The monoisotopic (exact) mass is 324 g/mol. The molecule has 6 nitrogen and oxygen atoms in total. The maximum absolute atomic E-state index is 11.2. The summed E-state index contributed by atoms with van der Waals surface area (Å²) in [6, 6.07) is 9.21. The summed E-state index contributed by atoms with van der Waals surface area (Å²) < 4.78 is 32.8. The van der Waals surface area contributed by atoms with E-state index in [1.807, 2.05) is 37.3 Å². The smallest absolute Gasteiger partial charge is 0.151 e. The van der Waals surface area contributed by atoms with Gasteiger partial charge in [0.15, 0.2) is 5.76 Å². The molecule has 0 radical (unpaired) electrons. The Hall–Kier alpha value is -1.86. The molecular weight excluding hydrogens is 304 g/mol. The zero-order valence-corrected chi connectivity index (χ0v) is 13.7. The molecule has 1 N–H and O–H groups in total. The van der Waals surface area contributed by atoms with E-state index in [1.165, 1.54) is 6.26 Å². The number of rotatable bonds is 7. The molecule has 1 aromatic heterocycles. The molecule has 0 saturated heterocycles. The third kappa shape index (κ3) is 4.85. The lowest BCUT2D eigenvalue weighted by atomic mass is 10.1. The fourth-order valence-electron chi connectivity index (χ4n) is 2.08. The fourth-order valence-corrected chi connectivity index (χ4v) is 3.11. The fraction of sp³-hybridized carbons (Fsp3) is 0.400. The summed E-state index contributed by atoms with van der Waals surface area (Å²) in [5.41, 5.74) is 1.66. The lowest BCUT2D eigenvalue weighted by molar-refractivity contribution is 0.369. The number of sulfone groups is 1. The van der Waals surface area contributed by atoms with Crippen LogP contribution in [-0.4, -0.2) is 38.7 Å². The van der Waals surface area contributed by atoms with Gasteiger partial charge in [-0.25, -0.2) is 8.42 Å². The van der Waals surface area contributed by atoms with Crippen LogP contribution in [-0.2, 0) is 16.4 Å². The van der Waals surface area contributed by atoms with Gasteiger partial charge in [-0.3, -0.25) is 0 Å². The van der Waals surface area contributed by atoms with Crippen molar-refractivity contribution in [3.63, 3.8) is 0 Å². The molecule has 0 aliphatic rings. The Morgan fingerprint density at radius 3 is 2.59 bits per heavy atom. The van der Waals surface area contributed by atoms with Gasteiger partial charge in [0, 0.05) is 23.9 Å². The van der Waals surface area contributed by atoms with Crippen molar-refractivity contribution in [3.8, 4) is 17.0 Å². The third-order valence-electron chi connectivity index (χ3n) is 3.12. The van der Waals surface area contributed by atoms with Gasteiger partial charge in [0.2, 0.25) is 0 Å². The van der Waals surface area contributed by atoms with E-state index in [0.717, 1.165) is 17.0 Å². The molecule has 0 saturated carbocycles. The van der Waals surface area contributed by atoms with E-state index in [4.69, 9.17) is 9.26 Å². The molecular formula is C15H20N2O4S. The SMILES string of the molecule is COc1ccc(-c2cc(CNC(C)CS(C)(=O)=O)on2)cc1. The van der Waals surface area contributed by atoms with Crippen LogP contribution in [0.2, 0.25) is 0 Å². The van der Waals surface area contributed by atoms with E-state index in [9.17, 15) is 8.42 Å². The first-order valence-electron chi connectivity index (χ1n) is 6.88. The van der Waals surface area contributed by atoms with Gasteiger partial charge < -0.3 is 14.6 Å². The van der Waals surface area contributed by atoms with Crippen LogP contribution in [0.1, 0.15) is 12.7 Å². The summed E-state index contributed by atoms with van der Waals surface area (Å²) in [4.78, 5) is 0. The van der Waals surface area contributed by atoms with Gasteiger partial charge in [-0.05, 0) is 31.2 Å². The summed E-state index contributed by atoms with van der Waals surface area (Å²) in [5, 5.41) is 7.13. The highest BCUT2D eigenvalue weighted by molar-refractivity contribution is 7.90. The molecule has 0 bridgehead atoms. The second-order valence-corrected chi connectivity index (χ2v) is 7.47. The van der Waals surface area contributed by atoms with Gasteiger partial charge in [-0.2, -0.15) is 0 Å². The molecule has 120 valence electrons. The second-order valence-electron chi connectivity index (χ2n) is 5.28. The van der Waals surface area contributed by atoms with Crippen molar-refractivity contribution in [3.05, 3.63) is 36.1 Å². The predicted molar refractivity (Wildman–Crippen MR) is 84.5 cm³/mol. The van der Waals surface area contributed by atoms with Crippen molar-refractivity contribution >= 4 is 9.84 Å². The number of aromatic nitrogens is 1. The van der Waals surface area contributed by atoms with Crippen molar-refractivity contribution in [2.75, 3.05) is 19.1 Å². The molecule has 0 aliphatic carbocycles. The van der Waals surface area contributed by atoms with Crippen LogP contribution in [0.3, 0.4) is 0 Å². The van der Waals surface area contributed by atoms with Gasteiger partial charge in [0.05, 0.1) is 19.4 Å². The molecule has 7 heteroatoms. The Balaban J connectivity index is 1.96. The van der Waals surface area contributed by atoms with E-state index in [2.05, 4.69) is 10.5 Å². The molecule has 1 aromatic carbocycles. The van der Waals surface area contributed by atoms with E-state index >= 15 is 0 Å². The van der Waals surface area contributed by atoms with Crippen molar-refractivity contribution in [2.24, 2.45) is 0 Å². The minimum atomic E-state index is -2.99. The average Bonchev–Trinajstić information content (AvgIpc) is 2.92. The van der Waals surface area contributed by atoms with E-state index < -0.39 is 9.84 Å². The Labute approximate surface area is 130 Å². The summed E-state index contributed by atoms with van der Waals surface area (Å²) in [7, 11) is -1.38. The van der Waals surface area contributed by atoms with Gasteiger partial charge in [-0.15, -0.1) is 0 Å². The zero-order chi connectivity index (χ0) is 16.2. The molecule has 1 unspecified atom stereocenters. The van der Waals surface area contributed by atoms with Crippen molar-refractivity contribution in [2.45, 2.75) is 19.5 Å². The Kier molecular flexibility index (Phi) is 5.20. The van der Waals surface area contributed by atoms with Crippen LogP contribution in [0.15, 0.2) is 34.9 Å². The molecule has 1 heterocycles. The van der Waals surface area contributed by atoms with Crippen molar-refractivity contribution in [1.82, 2.24) is 10.5 Å². The molecule has 1 atom stereocenters. The van der Waals surface area contributed by atoms with Crippen LogP contribution < -0.4 is 10.1 Å². The number of hydrogen-bond acceptors (Lipinski definition) is 6. The lowest BCUT2D eigenvalue weighted by Crippen LogP contribution is -2.32. The van der Waals surface area contributed by atoms with Gasteiger partial charge in [0.25, 0.3) is 0 Å². The summed E-state index contributed by atoms with van der Waals surface area (Å²) in [5.74, 6) is 1.53. The zero-order valence-electron chi connectivity index (χ0n) is 12.9. The standard InChI is InChI=1S/C15H20N2O4S/c1-11(10-22(3,18)19)16-9-14-8-15(17-21-14)12-4-6-13(20-2)7-5-12/h4-8,11,16H,9-10H2,1-3H3. The van der Waals surface area contributed by atoms with E-state index in [-0.39, 0.29) is 11.8 Å².